The van der Waals surface area contributed by atoms with Gasteiger partial charge in [0.1, 0.15) is 10.8 Å². The lowest BCUT2D eigenvalue weighted by Crippen LogP contribution is -2.22. The predicted molar refractivity (Wildman–Crippen MR) is 86.6 cm³/mol. The fourth-order valence-electron chi connectivity index (χ4n) is 1.54. The van der Waals surface area contributed by atoms with E-state index in [1.165, 1.54) is 23.1 Å². The van der Waals surface area contributed by atoms with Crippen LogP contribution in [0.4, 0.5) is 5.69 Å². The van der Waals surface area contributed by atoms with E-state index in [1.54, 1.807) is 25.3 Å². The number of halogens is 1. The molecule has 5 nitrogen and oxygen atoms in total. The Morgan fingerprint density at radius 1 is 1.48 bits per heavy atom. The molecule has 1 heterocycles. The van der Waals surface area contributed by atoms with E-state index < -0.39 is 0 Å². The van der Waals surface area contributed by atoms with Gasteiger partial charge in [-0.25, -0.2) is 0 Å². The molecule has 0 aliphatic heterocycles. The SMILES string of the molecule is COc1ccc(Cl)cc1NC(=O)[C@@H](C)Sc1nnc(C)s1. The van der Waals surface area contributed by atoms with E-state index in [9.17, 15) is 4.79 Å². The normalized spacial score (nSPS) is 12.0. The van der Waals surface area contributed by atoms with Crippen LogP contribution in [0.3, 0.4) is 0 Å². The average molecular weight is 344 g/mol. The molecule has 0 spiro atoms. The van der Waals surface area contributed by atoms with Gasteiger partial charge in [-0.1, -0.05) is 34.7 Å². The first kappa shape index (κ1) is 16.1. The van der Waals surface area contributed by atoms with Crippen molar-refractivity contribution in [3.63, 3.8) is 0 Å². The first-order valence-corrected chi connectivity index (χ1v) is 8.18. The summed E-state index contributed by atoms with van der Waals surface area (Å²) >= 11 is 8.77. The van der Waals surface area contributed by atoms with Crippen molar-refractivity contribution in [3.8, 4) is 5.75 Å². The fourth-order valence-corrected chi connectivity index (χ4v) is 3.67. The molecule has 2 rings (SSSR count). The van der Waals surface area contributed by atoms with Crippen LogP contribution in [0.5, 0.6) is 5.75 Å². The number of amides is 1. The predicted octanol–water partition coefficient (Wildman–Crippen LogP) is 3.63. The summed E-state index contributed by atoms with van der Waals surface area (Å²) in [5.74, 6) is 0.421. The average Bonchev–Trinajstić information content (AvgIpc) is 2.84. The number of nitrogens with one attached hydrogen (secondary N) is 1. The molecule has 0 fully saturated rings. The van der Waals surface area contributed by atoms with Gasteiger partial charge in [0.15, 0.2) is 4.34 Å². The van der Waals surface area contributed by atoms with Crippen molar-refractivity contribution in [2.75, 3.05) is 12.4 Å². The molecule has 0 unspecified atom stereocenters. The van der Waals surface area contributed by atoms with E-state index in [0.29, 0.717) is 16.5 Å². The second kappa shape index (κ2) is 7.11. The van der Waals surface area contributed by atoms with Gasteiger partial charge >= 0.3 is 0 Å². The van der Waals surface area contributed by atoms with Crippen molar-refractivity contribution < 1.29 is 9.53 Å². The number of thioether (sulfide) groups is 1. The highest BCUT2D eigenvalue weighted by molar-refractivity contribution is 8.02. The van der Waals surface area contributed by atoms with E-state index in [-0.39, 0.29) is 11.2 Å². The van der Waals surface area contributed by atoms with Gasteiger partial charge in [0.2, 0.25) is 5.91 Å². The molecule has 1 aromatic heterocycles. The van der Waals surface area contributed by atoms with Crippen molar-refractivity contribution in [3.05, 3.63) is 28.2 Å². The van der Waals surface area contributed by atoms with Crippen LogP contribution in [0.1, 0.15) is 11.9 Å². The summed E-state index contributed by atoms with van der Waals surface area (Å²) < 4.78 is 5.97. The third kappa shape index (κ3) is 4.33. The van der Waals surface area contributed by atoms with Crippen LogP contribution in [-0.2, 0) is 4.79 Å². The molecule has 0 aliphatic carbocycles. The summed E-state index contributed by atoms with van der Waals surface area (Å²) in [5, 5.41) is 11.9. The zero-order chi connectivity index (χ0) is 15.4. The van der Waals surface area contributed by atoms with Gasteiger partial charge in [-0.2, -0.15) is 0 Å². The molecule has 1 atom stereocenters. The number of hydrogen-bond acceptors (Lipinski definition) is 6. The van der Waals surface area contributed by atoms with Crippen molar-refractivity contribution in [2.24, 2.45) is 0 Å². The van der Waals surface area contributed by atoms with Gasteiger partial charge in [0.05, 0.1) is 18.0 Å². The number of ether oxygens (including phenoxy) is 1. The fraction of sp³-hybridized carbons (Fsp3) is 0.308. The molecule has 1 amide bonds. The maximum absolute atomic E-state index is 12.2. The summed E-state index contributed by atoms with van der Waals surface area (Å²) in [6, 6.07) is 5.08. The zero-order valence-corrected chi connectivity index (χ0v) is 14.1. The molecule has 8 heteroatoms. The standard InChI is InChI=1S/C13H14ClN3O2S2/c1-7(20-13-17-16-8(2)21-13)12(18)15-10-6-9(14)4-5-11(10)19-3/h4-7H,1-3H3,(H,15,18)/t7-/m1/s1. The van der Waals surface area contributed by atoms with Gasteiger partial charge in [-0.3, -0.25) is 4.79 Å². The molecule has 21 heavy (non-hydrogen) atoms. The summed E-state index contributed by atoms with van der Waals surface area (Å²) in [7, 11) is 1.54. The number of anilines is 1. The number of aryl methyl sites for hydroxylation is 1. The monoisotopic (exact) mass is 343 g/mol. The summed E-state index contributed by atoms with van der Waals surface area (Å²) in [6.07, 6.45) is 0. The lowest BCUT2D eigenvalue weighted by atomic mass is 10.3. The number of hydrogen-bond donors (Lipinski definition) is 1. The molecule has 2 aromatic rings. The highest BCUT2D eigenvalue weighted by atomic mass is 35.5. The highest BCUT2D eigenvalue weighted by Gasteiger charge is 2.18. The minimum atomic E-state index is -0.305. The summed E-state index contributed by atoms with van der Waals surface area (Å²) in [4.78, 5) is 12.2. The van der Waals surface area contributed by atoms with Gasteiger partial charge in [-0.15, -0.1) is 10.2 Å². The Morgan fingerprint density at radius 3 is 2.86 bits per heavy atom. The van der Waals surface area contributed by atoms with Gasteiger partial charge < -0.3 is 10.1 Å². The molecule has 1 N–H and O–H groups in total. The number of benzene rings is 1. The number of rotatable bonds is 5. The number of nitrogens with zero attached hydrogens (tertiary/aromatic N) is 2. The van der Waals surface area contributed by atoms with Crippen LogP contribution >= 0.6 is 34.7 Å². The number of carbonyl (C=O) groups excluding carboxylic acids is 1. The quantitative estimate of drug-likeness (QED) is 0.840. The third-order valence-corrected chi connectivity index (χ3v) is 4.83. The summed E-state index contributed by atoms with van der Waals surface area (Å²) in [5.41, 5.74) is 0.552. The molecule has 0 saturated carbocycles. The largest absolute Gasteiger partial charge is 0.495 e. The van der Waals surface area contributed by atoms with Crippen LogP contribution in [-0.4, -0.2) is 28.5 Å². The summed E-state index contributed by atoms with van der Waals surface area (Å²) in [6.45, 7) is 3.69. The van der Waals surface area contributed by atoms with Crippen molar-refractivity contribution in [2.45, 2.75) is 23.4 Å². The first-order valence-electron chi connectivity index (χ1n) is 6.10. The Labute approximate surface area is 136 Å². The molecule has 0 aliphatic rings. The van der Waals surface area contributed by atoms with E-state index in [2.05, 4.69) is 15.5 Å². The molecule has 0 saturated heterocycles. The Hall–Kier alpha value is -1.31. The molecule has 112 valence electrons. The lowest BCUT2D eigenvalue weighted by Gasteiger charge is -2.13. The second-order valence-electron chi connectivity index (χ2n) is 4.18. The van der Waals surface area contributed by atoms with Crippen LogP contribution in [0.2, 0.25) is 5.02 Å². The molecular formula is C13H14ClN3O2S2. The van der Waals surface area contributed by atoms with E-state index in [1.807, 2.05) is 13.8 Å². The Bertz CT molecular complexity index is 648. The van der Waals surface area contributed by atoms with Gasteiger partial charge in [-0.05, 0) is 32.0 Å². The van der Waals surface area contributed by atoms with Crippen molar-refractivity contribution in [1.82, 2.24) is 10.2 Å². The van der Waals surface area contributed by atoms with Crippen LogP contribution < -0.4 is 10.1 Å². The molecule has 0 bridgehead atoms. The topological polar surface area (TPSA) is 64.1 Å². The van der Waals surface area contributed by atoms with Crippen LogP contribution in [0, 0.1) is 6.92 Å². The Kier molecular flexibility index (Phi) is 5.44. The first-order chi connectivity index (χ1) is 9.99. The second-order valence-corrected chi connectivity index (χ2v) is 7.39. The third-order valence-electron chi connectivity index (χ3n) is 2.57. The zero-order valence-electron chi connectivity index (χ0n) is 11.7. The van der Waals surface area contributed by atoms with E-state index in [4.69, 9.17) is 16.3 Å². The van der Waals surface area contributed by atoms with E-state index in [0.717, 1.165) is 9.35 Å². The highest BCUT2D eigenvalue weighted by Crippen LogP contribution is 2.30. The minimum Gasteiger partial charge on any atom is -0.495 e. The van der Waals surface area contributed by atoms with Gasteiger partial charge in [0.25, 0.3) is 0 Å². The molecule has 0 radical (unpaired) electrons. The molecule has 1 aromatic carbocycles. The smallest absolute Gasteiger partial charge is 0.237 e. The minimum absolute atomic E-state index is 0.145. The van der Waals surface area contributed by atoms with Crippen LogP contribution in [0.25, 0.3) is 0 Å². The van der Waals surface area contributed by atoms with Gasteiger partial charge in [0, 0.05) is 5.02 Å². The maximum Gasteiger partial charge on any atom is 0.237 e. The number of methoxy groups -OCH3 is 1. The van der Waals surface area contributed by atoms with Crippen molar-refractivity contribution >= 4 is 46.3 Å². The van der Waals surface area contributed by atoms with E-state index >= 15 is 0 Å². The number of carbonyl (C=O) groups is 1. The maximum atomic E-state index is 12.2. The molecular weight excluding hydrogens is 330 g/mol. The van der Waals surface area contributed by atoms with Crippen LogP contribution in [0.15, 0.2) is 22.5 Å². The van der Waals surface area contributed by atoms with Crippen molar-refractivity contribution in [1.29, 1.82) is 0 Å². The Balaban J connectivity index is 2.05. The lowest BCUT2D eigenvalue weighted by molar-refractivity contribution is -0.115. The Morgan fingerprint density at radius 2 is 2.24 bits per heavy atom. The number of aromatic nitrogens is 2.